The number of halogens is 1. The first-order chi connectivity index (χ1) is 12.0. The molecule has 0 saturated carbocycles. The molecule has 1 saturated heterocycles. The summed E-state index contributed by atoms with van der Waals surface area (Å²) in [4.78, 5) is 3.54. The number of benzene rings is 2. The average Bonchev–Trinajstić information content (AvgIpc) is 2.59. The van der Waals surface area contributed by atoms with Crippen molar-refractivity contribution in [2.45, 2.75) is 24.8 Å². The van der Waals surface area contributed by atoms with Gasteiger partial charge in [-0.05, 0) is 78.1 Å². The van der Waals surface area contributed by atoms with Crippen molar-refractivity contribution in [2.75, 3.05) is 31.1 Å². The highest BCUT2D eigenvalue weighted by Crippen LogP contribution is 2.31. The number of ether oxygens (including phenoxy) is 1. The lowest BCUT2D eigenvalue weighted by atomic mass is 10.2. The fourth-order valence-electron chi connectivity index (χ4n) is 2.74. The first-order valence-electron chi connectivity index (χ1n) is 8.44. The van der Waals surface area contributed by atoms with Crippen molar-refractivity contribution in [3.63, 3.8) is 0 Å². The topological polar surface area (TPSA) is 35.9 Å². The van der Waals surface area contributed by atoms with Crippen LogP contribution in [0.3, 0.4) is 0 Å². The molecule has 25 heavy (non-hydrogen) atoms. The summed E-state index contributed by atoms with van der Waals surface area (Å²) >= 11 is 5.12. The van der Waals surface area contributed by atoms with E-state index in [0.717, 1.165) is 42.1 Å². The normalized spacial score (nSPS) is 15.6. The minimum atomic E-state index is 0.199. The Kier molecular flexibility index (Phi) is 6.15. The zero-order chi connectivity index (χ0) is 17.8. The van der Waals surface area contributed by atoms with Crippen molar-refractivity contribution in [3.05, 3.63) is 46.9 Å². The van der Waals surface area contributed by atoms with Gasteiger partial charge in [-0.3, -0.25) is 0 Å². The maximum Gasteiger partial charge on any atom is 0.131 e. The van der Waals surface area contributed by atoms with Gasteiger partial charge in [-0.15, -0.1) is 0 Å². The molecule has 0 radical (unpaired) electrons. The highest BCUT2D eigenvalue weighted by Gasteiger charge is 2.18. The average molecular weight is 423 g/mol. The van der Waals surface area contributed by atoms with Crippen molar-refractivity contribution in [1.82, 2.24) is 4.31 Å². The highest BCUT2D eigenvalue weighted by atomic mass is 79.9. The van der Waals surface area contributed by atoms with Crippen LogP contribution in [-0.4, -0.2) is 41.7 Å². The molecule has 0 bridgehead atoms. The van der Waals surface area contributed by atoms with Crippen LogP contribution in [0.2, 0.25) is 0 Å². The quantitative estimate of drug-likeness (QED) is 0.701. The molecule has 0 unspecified atom stereocenters. The van der Waals surface area contributed by atoms with Gasteiger partial charge in [-0.1, -0.05) is 0 Å². The van der Waals surface area contributed by atoms with E-state index in [1.54, 1.807) is 11.9 Å². The summed E-state index contributed by atoms with van der Waals surface area (Å²) in [7, 11) is 0. The Bertz CT molecular complexity index is 701. The van der Waals surface area contributed by atoms with Crippen molar-refractivity contribution >= 4 is 33.6 Å². The lowest BCUT2D eigenvalue weighted by molar-refractivity contribution is 0.242. The second-order valence-electron chi connectivity index (χ2n) is 6.28. The molecule has 0 spiro atoms. The van der Waals surface area contributed by atoms with Gasteiger partial charge in [0.2, 0.25) is 0 Å². The van der Waals surface area contributed by atoms with E-state index in [9.17, 15) is 5.11 Å². The van der Waals surface area contributed by atoms with Gasteiger partial charge in [0.05, 0.1) is 10.6 Å². The van der Waals surface area contributed by atoms with Gasteiger partial charge in [0.1, 0.15) is 11.5 Å². The third kappa shape index (κ3) is 5.06. The summed E-state index contributed by atoms with van der Waals surface area (Å²) < 4.78 is 8.80. The zero-order valence-corrected chi connectivity index (χ0v) is 16.9. The first kappa shape index (κ1) is 18.4. The monoisotopic (exact) mass is 422 g/mol. The standard InChI is InChI=1S/C19H23BrN2O2S/c1-14(2)24-16-4-6-17(7-5-16)25-22-11-9-21(10-12-22)15-3-8-18(20)19(23)13-15/h3-8,13-14,23H,9-12H2,1-2H3. The number of phenols is 1. The lowest BCUT2D eigenvalue weighted by Gasteiger charge is -2.35. The highest BCUT2D eigenvalue weighted by molar-refractivity contribution is 9.10. The molecule has 2 aromatic rings. The lowest BCUT2D eigenvalue weighted by Crippen LogP contribution is -2.43. The second kappa shape index (κ2) is 8.34. The number of nitrogens with zero attached hydrogens (tertiary/aromatic N) is 2. The van der Waals surface area contributed by atoms with Crippen LogP contribution in [0.15, 0.2) is 51.8 Å². The van der Waals surface area contributed by atoms with Crippen molar-refractivity contribution in [1.29, 1.82) is 0 Å². The Morgan fingerprint density at radius 1 is 1.04 bits per heavy atom. The maximum atomic E-state index is 9.86. The third-order valence-corrected chi connectivity index (χ3v) is 5.74. The number of rotatable bonds is 5. The van der Waals surface area contributed by atoms with E-state index in [0.29, 0.717) is 0 Å². The van der Waals surface area contributed by atoms with Crippen LogP contribution < -0.4 is 9.64 Å². The predicted octanol–water partition coefficient (Wildman–Crippen LogP) is 4.77. The molecule has 0 amide bonds. The Morgan fingerprint density at radius 3 is 2.32 bits per heavy atom. The molecule has 1 fully saturated rings. The predicted molar refractivity (Wildman–Crippen MR) is 108 cm³/mol. The molecule has 3 rings (SSSR count). The Hall–Kier alpha value is -1.37. The van der Waals surface area contributed by atoms with Gasteiger partial charge < -0.3 is 14.7 Å². The van der Waals surface area contributed by atoms with E-state index in [2.05, 4.69) is 37.3 Å². The Morgan fingerprint density at radius 2 is 1.72 bits per heavy atom. The van der Waals surface area contributed by atoms with Crippen LogP contribution in [0, 0.1) is 0 Å². The molecular weight excluding hydrogens is 400 g/mol. The number of anilines is 1. The molecule has 1 heterocycles. The van der Waals surface area contributed by atoms with Crippen LogP contribution in [0.25, 0.3) is 0 Å². The van der Waals surface area contributed by atoms with Gasteiger partial charge in [-0.2, -0.15) is 0 Å². The van der Waals surface area contributed by atoms with E-state index >= 15 is 0 Å². The fourth-order valence-corrected chi connectivity index (χ4v) is 3.88. The molecule has 1 aliphatic heterocycles. The minimum Gasteiger partial charge on any atom is -0.507 e. The number of hydrogen-bond acceptors (Lipinski definition) is 5. The summed E-state index contributed by atoms with van der Waals surface area (Å²) in [6, 6.07) is 14.0. The molecule has 4 nitrogen and oxygen atoms in total. The van der Waals surface area contributed by atoms with E-state index in [1.165, 1.54) is 4.90 Å². The number of piperazine rings is 1. The Labute approximate surface area is 162 Å². The fraction of sp³-hybridized carbons (Fsp3) is 0.368. The molecule has 1 N–H and O–H groups in total. The molecule has 2 aromatic carbocycles. The SMILES string of the molecule is CC(C)Oc1ccc(SN2CCN(c3ccc(Br)c(O)c3)CC2)cc1. The molecule has 0 aromatic heterocycles. The van der Waals surface area contributed by atoms with Gasteiger partial charge in [0.15, 0.2) is 0 Å². The van der Waals surface area contributed by atoms with Crippen LogP contribution in [0.4, 0.5) is 5.69 Å². The van der Waals surface area contributed by atoms with Crippen LogP contribution in [0.5, 0.6) is 11.5 Å². The largest absolute Gasteiger partial charge is 0.507 e. The van der Waals surface area contributed by atoms with E-state index in [1.807, 2.05) is 44.2 Å². The number of hydrogen-bond donors (Lipinski definition) is 1. The molecule has 0 atom stereocenters. The van der Waals surface area contributed by atoms with Gasteiger partial charge in [-0.25, -0.2) is 4.31 Å². The van der Waals surface area contributed by atoms with Crippen molar-refractivity contribution in [3.8, 4) is 11.5 Å². The van der Waals surface area contributed by atoms with Crippen molar-refractivity contribution < 1.29 is 9.84 Å². The van der Waals surface area contributed by atoms with Crippen LogP contribution >= 0.6 is 27.9 Å². The summed E-state index contributed by atoms with van der Waals surface area (Å²) in [5.74, 6) is 1.21. The summed E-state index contributed by atoms with van der Waals surface area (Å²) in [6.45, 7) is 7.92. The van der Waals surface area contributed by atoms with E-state index in [-0.39, 0.29) is 11.9 Å². The third-order valence-electron chi connectivity index (χ3n) is 3.96. The molecular formula is C19H23BrN2O2S. The smallest absolute Gasteiger partial charge is 0.131 e. The number of aromatic hydroxyl groups is 1. The Balaban J connectivity index is 1.53. The van der Waals surface area contributed by atoms with Gasteiger partial charge in [0, 0.05) is 42.8 Å². The van der Waals surface area contributed by atoms with Gasteiger partial charge in [0.25, 0.3) is 0 Å². The van der Waals surface area contributed by atoms with Crippen LogP contribution in [0.1, 0.15) is 13.8 Å². The summed E-state index contributed by atoms with van der Waals surface area (Å²) in [5.41, 5.74) is 1.07. The molecule has 6 heteroatoms. The molecule has 1 aliphatic rings. The number of phenolic OH excluding ortho intramolecular Hbond substituents is 1. The van der Waals surface area contributed by atoms with Crippen molar-refractivity contribution in [2.24, 2.45) is 0 Å². The van der Waals surface area contributed by atoms with E-state index < -0.39 is 0 Å². The summed E-state index contributed by atoms with van der Waals surface area (Å²) in [6.07, 6.45) is 0.199. The molecule has 0 aliphatic carbocycles. The minimum absolute atomic E-state index is 0.199. The summed E-state index contributed by atoms with van der Waals surface area (Å²) in [5, 5.41) is 9.86. The van der Waals surface area contributed by atoms with Crippen LogP contribution in [-0.2, 0) is 0 Å². The zero-order valence-electron chi connectivity index (χ0n) is 14.5. The van der Waals surface area contributed by atoms with Gasteiger partial charge >= 0.3 is 0 Å². The van der Waals surface area contributed by atoms with E-state index in [4.69, 9.17) is 4.74 Å². The maximum absolute atomic E-state index is 9.86. The second-order valence-corrected chi connectivity index (χ2v) is 8.31. The molecule has 134 valence electrons. The first-order valence-corrected chi connectivity index (χ1v) is 10.0.